The van der Waals surface area contributed by atoms with E-state index >= 15 is 0 Å². The van der Waals surface area contributed by atoms with E-state index in [1.165, 1.54) is 0 Å². The predicted molar refractivity (Wildman–Crippen MR) is 71.9 cm³/mol. The molecule has 2 fully saturated rings. The van der Waals surface area contributed by atoms with Crippen molar-refractivity contribution in [2.75, 3.05) is 38.8 Å². The molecule has 0 aromatic rings. The van der Waals surface area contributed by atoms with Gasteiger partial charge in [0.25, 0.3) is 0 Å². The van der Waals surface area contributed by atoms with Crippen molar-refractivity contribution in [3.8, 4) is 0 Å². The zero-order valence-electron chi connectivity index (χ0n) is 11.0. The van der Waals surface area contributed by atoms with Crippen LogP contribution < -0.4 is 0 Å². The Bertz CT molecular complexity index is 372. The molecule has 112 valence electrons. The topological polar surface area (TPSA) is 61.8 Å². The van der Waals surface area contributed by atoms with Crippen molar-refractivity contribution in [3.63, 3.8) is 0 Å². The molecule has 0 unspecified atom stereocenters. The van der Waals surface area contributed by atoms with Gasteiger partial charge < -0.3 is 14.2 Å². The first kappa shape index (κ1) is 15.5. The molecular weight excluding hydrogens is 292 g/mol. The number of rotatable bonds is 5. The van der Waals surface area contributed by atoms with Gasteiger partial charge in [-0.2, -0.15) is 0 Å². The maximum Gasteiger partial charge on any atom is 0.233 e. The fourth-order valence-corrected chi connectivity index (χ4v) is 4.44. The monoisotopic (exact) mass is 312 g/mol. The summed E-state index contributed by atoms with van der Waals surface area (Å²) in [5, 5.41) is 0. The van der Waals surface area contributed by atoms with E-state index in [9.17, 15) is 8.42 Å². The van der Waals surface area contributed by atoms with E-state index in [2.05, 4.69) is 0 Å². The van der Waals surface area contributed by atoms with Crippen LogP contribution in [0.2, 0.25) is 0 Å². The average Bonchev–Trinajstić information content (AvgIpc) is 2.37. The molecular formula is C12H21ClO5S. The summed E-state index contributed by atoms with van der Waals surface area (Å²) in [7, 11) is 1.91. The summed E-state index contributed by atoms with van der Waals surface area (Å²) < 4.78 is 39.3. The van der Waals surface area contributed by atoms with Crippen LogP contribution in [-0.4, -0.2) is 53.3 Å². The molecule has 7 heteroatoms. The molecule has 0 amide bonds. The molecule has 0 atom stereocenters. The smallest absolute Gasteiger partial charge is 0.233 e. The Balaban J connectivity index is 1.93. The SMILES string of the molecule is O=S(=O)(Cl)CC1(COC2CCOCC2)CCOCC1. The van der Waals surface area contributed by atoms with Crippen LogP contribution >= 0.6 is 10.7 Å². The van der Waals surface area contributed by atoms with Crippen LogP contribution in [0.1, 0.15) is 25.7 Å². The Morgan fingerprint density at radius 1 is 1.11 bits per heavy atom. The largest absolute Gasteiger partial charge is 0.381 e. The minimum absolute atomic E-state index is 0.0336. The van der Waals surface area contributed by atoms with Gasteiger partial charge in [-0.15, -0.1) is 0 Å². The van der Waals surface area contributed by atoms with Crippen molar-refractivity contribution in [2.45, 2.75) is 31.8 Å². The Morgan fingerprint density at radius 3 is 2.26 bits per heavy atom. The Hall–Kier alpha value is 0.120. The third kappa shape index (κ3) is 5.19. The van der Waals surface area contributed by atoms with Crippen molar-refractivity contribution in [3.05, 3.63) is 0 Å². The summed E-state index contributed by atoms with van der Waals surface area (Å²) in [4.78, 5) is 0. The molecule has 2 aliphatic heterocycles. The Labute approximate surface area is 119 Å². The van der Waals surface area contributed by atoms with E-state index in [0.717, 1.165) is 12.8 Å². The lowest BCUT2D eigenvalue weighted by Gasteiger charge is -2.37. The van der Waals surface area contributed by atoms with E-state index in [1.807, 2.05) is 0 Å². The molecule has 5 nitrogen and oxygen atoms in total. The number of ether oxygens (including phenoxy) is 3. The molecule has 2 saturated heterocycles. The summed E-state index contributed by atoms with van der Waals surface area (Å²) in [5.41, 5.74) is -0.392. The molecule has 0 aliphatic carbocycles. The highest BCUT2D eigenvalue weighted by atomic mass is 35.7. The van der Waals surface area contributed by atoms with Crippen LogP contribution in [0.15, 0.2) is 0 Å². The third-order valence-corrected chi connectivity index (χ3v) is 5.11. The molecule has 2 rings (SSSR count). The van der Waals surface area contributed by atoms with Gasteiger partial charge in [-0.3, -0.25) is 0 Å². The van der Waals surface area contributed by atoms with Crippen LogP contribution in [0, 0.1) is 5.41 Å². The van der Waals surface area contributed by atoms with Gasteiger partial charge in [0.05, 0.1) is 18.5 Å². The van der Waals surface area contributed by atoms with Gasteiger partial charge in [-0.05, 0) is 25.7 Å². The van der Waals surface area contributed by atoms with E-state index in [0.29, 0.717) is 45.9 Å². The zero-order chi connectivity index (χ0) is 13.8. The molecule has 0 spiro atoms. The quantitative estimate of drug-likeness (QED) is 0.721. The van der Waals surface area contributed by atoms with E-state index in [-0.39, 0.29) is 11.9 Å². The maximum atomic E-state index is 11.4. The molecule has 0 aromatic heterocycles. The molecule has 0 saturated carbocycles. The minimum Gasteiger partial charge on any atom is -0.381 e. The highest BCUT2D eigenvalue weighted by Crippen LogP contribution is 2.34. The number of hydrogen-bond donors (Lipinski definition) is 0. The highest BCUT2D eigenvalue weighted by Gasteiger charge is 2.37. The van der Waals surface area contributed by atoms with Gasteiger partial charge >= 0.3 is 0 Å². The standard InChI is InChI=1S/C12H21ClO5S/c13-19(14,15)10-12(3-7-17-8-4-12)9-18-11-1-5-16-6-2-11/h11H,1-10H2. The zero-order valence-corrected chi connectivity index (χ0v) is 12.5. The maximum absolute atomic E-state index is 11.4. The van der Waals surface area contributed by atoms with E-state index < -0.39 is 14.5 Å². The van der Waals surface area contributed by atoms with E-state index in [4.69, 9.17) is 24.9 Å². The molecule has 0 bridgehead atoms. The van der Waals surface area contributed by atoms with Crippen LogP contribution in [0.3, 0.4) is 0 Å². The van der Waals surface area contributed by atoms with E-state index in [1.54, 1.807) is 0 Å². The second-order valence-corrected chi connectivity index (χ2v) is 8.20. The minimum atomic E-state index is -3.52. The van der Waals surface area contributed by atoms with Crippen molar-refractivity contribution in [1.82, 2.24) is 0 Å². The second kappa shape index (κ2) is 6.72. The second-order valence-electron chi connectivity index (χ2n) is 5.42. The molecule has 2 heterocycles. The van der Waals surface area contributed by atoms with Gasteiger partial charge in [0.2, 0.25) is 9.05 Å². The lowest BCUT2D eigenvalue weighted by Crippen LogP contribution is -2.40. The lowest BCUT2D eigenvalue weighted by atomic mass is 9.83. The predicted octanol–water partition coefficient (Wildman–Crippen LogP) is 1.55. The van der Waals surface area contributed by atoms with Crippen LogP contribution in [0.25, 0.3) is 0 Å². The van der Waals surface area contributed by atoms with Crippen LogP contribution in [0.5, 0.6) is 0 Å². The average molecular weight is 313 g/mol. The van der Waals surface area contributed by atoms with Crippen LogP contribution in [0.4, 0.5) is 0 Å². The number of halogens is 1. The summed E-state index contributed by atoms with van der Waals surface area (Å²) >= 11 is 0. The van der Waals surface area contributed by atoms with Gasteiger partial charge in [-0.1, -0.05) is 0 Å². The first-order valence-corrected chi connectivity index (χ1v) is 9.16. The van der Waals surface area contributed by atoms with Gasteiger partial charge in [-0.25, -0.2) is 8.42 Å². The summed E-state index contributed by atoms with van der Waals surface area (Å²) in [6.45, 7) is 3.02. The molecule has 0 aromatic carbocycles. The summed E-state index contributed by atoms with van der Waals surface area (Å²) in [5.74, 6) is -0.0336. The summed E-state index contributed by atoms with van der Waals surface area (Å²) in [6.07, 6.45) is 3.29. The van der Waals surface area contributed by atoms with Crippen molar-refractivity contribution >= 4 is 19.7 Å². The van der Waals surface area contributed by atoms with Gasteiger partial charge in [0, 0.05) is 42.5 Å². The lowest BCUT2D eigenvalue weighted by molar-refractivity contribution is -0.0820. The molecule has 0 N–H and O–H groups in total. The molecule has 0 radical (unpaired) electrons. The van der Waals surface area contributed by atoms with Crippen molar-refractivity contribution in [1.29, 1.82) is 0 Å². The highest BCUT2D eigenvalue weighted by molar-refractivity contribution is 8.13. The van der Waals surface area contributed by atoms with Crippen molar-refractivity contribution in [2.24, 2.45) is 5.41 Å². The first-order chi connectivity index (χ1) is 8.99. The molecule has 19 heavy (non-hydrogen) atoms. The van der Waals surface area contributed by atoms with Gasteiger partial charge in [0.1, 0.15) is 0 Å². The fourth-order valence-electron chi connectivity index (χ4n) is 2.64. The first-order valence-electron chi connectivity index (χ1n) is 6.69. The third-order valence-electron chi connectivity index (χ3n) is 3.83. The van der Waals surface area contributed by atoms with Crippen molar-refractivity contribution < 1.29 is 22.6 Å². The summed E-state index contributed by atoms with van der Waals surface area (Å²) in [6, 6.07) is 0. The number of hydrogen-bond acceptors (Lipinski definition) is 5. The Morgan fingerprint density at radius 2 is 1.68 bits per heavy atom. The fraction of sp³-hybridized carbons (Fsp3) is 1.00. The molecule has 2 aliphatic rings. The normalized spacial score (nSPS) is 25.3. The van der Waals surface area contributed by atoms with Gasteiger partial charge in [0.15, 0.2) is 0 Å². The Kier molecular flexibility index (Phi) is 5.48. The van der Waals surface area contributed by atoms with Crippen LogP contribution in [-0.2, 0) is 23.3 Å².